The van der Waals surface area contributed by atoms with Crippen molar-refractivity contribution in [1.82, 2.24) is 10.6 Å². The summed E-state index contributed by atoms with van der Waals surface area (Å²) in [5.41, 5.74) is 5.96. The number of carbonyl (C=O) groups is 2. The molecule has 1 aliphatic carbocycles. The standard InChI is InChI=1S/C13H15Br2N3O3/c14-9-3-7(5-17-8-1-2-8)4-10(15)12(9)21-6-11(19)18-13(16)20/h3-4,8,17H,1-2,5-6H2,(H3,16,18,19,20). The molecule has 8 heteroatoms. The van der Waals surface area contributed by atoms with Gasteiger partial charge in [0.2, 0.25) is 0 Å². The Bertz CT molecular complexity index is 539. The van der Waals surface area contributed by atoms with Crippen molar-refractivity contribution in [1.29, 1.82) is 0 Å². The van der Waals surface area contributed by atoms with E-state index in [9.17, 15) is 9.59 Å². The average molecular weight is 421 g/mol. The normalized spacial score (nSPS) is 13.8. The molecule has 1 fully saturated rings. The second kappa shape index (κ2) is 7.24. The largest absolute Gasteiger partial charge is 0.481 e. The molecule has 0 aromatic heterocycles. The van der Waals surface area contributed by atoms with Gasteiger partial charge in [-0.15, -0.1) is 0 Å². The van der Waals surface area contributed by atoms with Gasteiger partial charge in [-0.3, -0.25) is 10.1 Å². The van der Waals surface area contributed by atoms with Gasteiger partial charge in [0.15, 0.2) is 6.61 Å². The topological polar surface area (TPSA) is 93.5 Å². The van der Waals surface area contributed by atoms with Crippen LogP contribution in [0.4, 0.5) is 4.79 Å². The fourth-order valence-corrected chi connectivity index (χ4v) is 3.22. The Kier molecular flexibility index (Phi) is 5.60. The van der Waals surface area contributed by atoms with E-state index < -0.39 is 11.9 Å². The first-order valence-corrected chi connectivity index (χ1v) is 7.97. The van der Waals surface area contributed by atoms with Crippen LogP contribution in [0.3, 0.4) is 0 Å². The second-order valence-electron chi connectivity index (χ2n) is 4.74. The van der Waals surface area contributed by atoms with E-state index in [4.69, 9.17) is 10.5 Å². The molecule has 2 rings (SSSR count). The molecule has 3 amide bonds. The molecule has 0 bridgehead atoms. The van der Waals surface area contributed by atoms with Crippen molar-refractivity contribution in [3.63, 3.8) is 0 Å². The first kappa shape index (κ1) is 16.3. The van der Waals surface area contributed by atoms with E-state index in [-0.39, 0.29) is 6.61 Å². The summed E-state index contributed by atoms with van der Waals surface area (Å²) in [5.74, 6) is -0.0921. The van der Waals surface area contributed by atoms with Crippen molar-refractivity contribution in [3.05, 3.63) is 26.6 Å². The van der Waals surface area contributed by atoms with E-state index in [2.05, 4.69) is 37.2 Å². The number of nitrogens with two attached hydrogens (primary N) is 1. The molecule has 0 unspecified atom stereocenters. The van der Waals surface area contributed by atoms with Gasteiger partial charge in [0, 0.05) is 12.6 Å². The molecule has 0 atom stereocenters. The van der Waals surface area contributed by atoms with Crippen molar-refractivity contribution in [2.24, 2.45) is 5.73 Å². The smallest absolute Gasteiger partial charge is 0.318 e. The van der Waals surface area contributed by atoms with Crippen molar-refractivity contribution in [2.75, 3.05) is 6.61 Å². The molecule has 0 aliphatic heterocycles. The summed E-state index contributed by atoms with van der Waals surface area (Å²) >= 11 is 6.83. The molecule has 0 spiro atoms. The van der Waals surface area contributed by atoms with Gasteiger partial charge in [-0.2, -0.15) is 0 Å². The number of imide groups is 1. The molecule has 1 saturated carbocycles. The van der Waals surface area contributed by atoms with E-state index >= 15 is 0 Å². The summed E-state index contributed by atoms with van der Waals surface area (Å²) in [7, 11) is 0. The molecule has 0 heterocycles. The number of hydrogen-bond acceptors (Lipinski definition) is 4. The summed E-state index contributed by atoms with van der Waals surface area (Å²) in [4.78, 5) is 21.9. The maximum absolute atomic E-state index is 11.3. The van der Waals surface area contributed by atoms with Crippen LogP contribution in [0.25, 0.3) is 0 Å². The minimum atomic E-state index is -0.900. The molecule has 6 nitrogen and oxygen atoms in total. The minimum absolute atomic E-state index is 0.292. The number of primary amides is 1. The highest BCUT2D eigenvalue weighted by atomic mass is 79.9. The van der Waals surface area contributed by atoms with Crippen molar-refractivity contribution in [3.8, 4) is 5.75 Å². The fraction of sp³-hybridized carbons (Fsp3) is 0.385. The van der Waals surface area contributed by atoms with Gasteiger partial charge in [-0.25, -0.2) is 4.79 Å². The van der Waals surface area contributed by atoms with Crippen LogP contribution in [0.5, 0.6) is 5.75 Å². The number of nitrogens with one attached hydrogen (secondary N) is 2. The second-order valence-corrected chi connectivity index (χ2v) is 6.45. The maximum Gasteiger partial charge on any atom is 0.318 e. The molecule has 21 heavy (non-hydrogen) atoms. The monoisotopic (exact) mass is 419 g/mol. The predicted molar refractivity (Wildman–Crippen MR) is 84.9 cm³/mol. The number of halogens is 2. The lowest BCUT2D eigenvalue weighted by Crippen LogP contribution is -2.38. The van der Waals surface area contributed by atoms with E-state index in [0.717, 1.165) is 21.1 Å². The number of hydrogen-bond donors (Lipinski definition) is 3. The number of ether oxygens (including phenoxy) is 1. The van der Waals surface area contributed by atoms with E-state index in [1.165, 1.54) is 12.8 Å². The number of benzene rings is 1. The summed E-state index contributed by atoms with van der Waals surface area (Å²) in [6.45, 7) is 0.490. The molecule has 1 aliphatic rings. The van der Waals surface area contributed by atoms with Gasteiger partial charge in [0.05, 0.1) is 8.95 Å². The molecule has 0 radical (unpaired) electrons. The summed E-state index contributed by atoms with van der Waals surface area (Å²) in [5, 5.41) is 5.36. The molecular weight excluding hydrogens is 406 g/mol. The molecule has 0 saturated heterocycles. The fourth-order valence-electron chi connectivity index (χ4n) is 1.71. The zero-order valence-electron chi connectivity index (χ0n) is 11.1. The Morgan fingerprint density at radius 3 is 2.43 bits per heavy atom. The van der Waals surface area contributed by atoms with Gasteiger partial charge in [-0.05, 0) is 62.4 Å². The van der Waals surface area contributed by atoms with Crippen molar-refractivity contribution in [2.45, 2.75) is 25.4 Å². The van der Waals surface area contributed by atoms with Crippen LogP contribution in [0, 0.1) is 0 Å². The predicted octanol–water partition coefficient (Wildman–Crippen LogP) is 2.04. The number of urea groups is 1. The van der Waals surface area contributed by atoms with E-state index in [1.807, 2.05) is 17.4 Å². The van der Waals surface area contributed by atoms with Crippen LogP contribution >= 0.6 is 31.9 Å². The lowest BCUT2D eigenvalue weighted by atomic mass is 10.2. The zero-order valence-corrected chi connectivity index (χ0v) is 14.3. The molecule has 1 aromatic rings. The Morgan fingerprint density at radius 2 is 1.90 bits per heavy atom. The average Bonchev–Trinajstić information content (AvgIpc) is 3.18. The third-order valence-corrected chi connectivity index (χ3v) is 4.02. The summed E-state index contributed by atoms with van der Waals surface area (Å²) in [6.07, 6.45) is 2.47. The van der Waals surface area contributed by atoms with E-state index in [1.54, 1.807) is 0 Å². The van der Waals surface area contributed by atoms with Crippen LogP contribution in [0.1, 0.15) is 18.4 Å². The van der Waals surface area contributed by atoms with Gasteiger partial charge >= 0.3 is 6.03 Å². The van der Waals surface area contributed by atoms with Gasteiger partial charge in [-0.1, -0.05) is 0 Å². The first-order chi connectivity index (χ1) is 9.95. The number of carbonyl (C=O) groups excluding carboxylic acids is 2. The van der Waals surface area contributed by atoms with Crippen LogP contribution in [-0.2, 0) is 11.3 Å². The van der Waals surface area contributed by atoms with Gasteiger partial charge < -0.3 is 15.8 Å². The number of amides is 3. The summed E-state index contributed by atoms with van der Waals surface area (Å²) in [6, 6.07) is 3.60. The quantitative estimate of drug-likeness (QED) is 0.656. The Morgan fingerprint density at radius 1 is 1.29 bits per heavy atom. The van der Waals surface area contributed by atoms with Crippen LogP contribution in [0.15, 0.2) is 21.1 Å². The van der Waals surface area contributed by atoms with Crippen LogP contribution in [0.2, 0.25) is 0 Å². The maximum atomic E-state index is 11.3. The SMILES string of the molecule is NC(=O)NC(=O)COc1c(Br)cc(CNC2CC2)cc1Br. The van der Waals surface area contributed by atoms with Crippen LogP contribution in [-0.4, -0.2) is 24.6 Å². The van der Waals surface area contributed by atoms with Crippen molar-refractivity contribution < 1.29 is 14.3 Å². The number of rotatable bonds is 6. The third-order valence-electron chi connectivity index (χ3n) is 2.84. The summed E-state index contributed by atoms with van der Waals surface area (Å²) < 4.78 is 6.85. The highest BCUT2D eigenvalue weighted by Gasteiger charge is 2.20. The van der Waals surface area contributed by atoms with E-state index in [0.29, 0.717) is 11.8 Å². The molecular formula is C13H15Br2N3O3. The lowest BCUT2D eigenvalue weighted by molar-refractivity contribution is -0.121. The van der Waals surface area contributed by atoms with Gasteiger partial charge in [0.1, 0.15) is 5.75 Å². The highest BCUT2D eigenvalue weighted by molar-refractivity contribution is 9.11. The molecule has 114 valence electrons. The Hall–Kier alpha value is -1.12. The lowest BCUT2D eigenvalue weighted by Gasteiger charge is -2.12. The van der Waals surface area contributed by atoms with Gasteiger partial charge in [0.25, 0.3) is 5.91 Å². The van der Waals surface area contributed by atoms with Crippen molar-refractivity contribution >= 4 is 43.8 Å². The molecule has 4 N–H and O–H groups in total. The Labute approximate surface area is 139 Å². The highest BCUT2D eigenvalue weighted by Crippen LogP contribution is 2.35. The minimum Gasteiger partial charge on any atom is -0.481 e. The Balaban J connectivity index is 1.95. The van der Waals surface area contributed by atoms with Crippen LogP contribution < -0.4 is 21.1 Å². The third kappa shape index (κ3) is 5.29. The molecule has 1 aromatic carbocycles. The zero-order chi connectivity index (χ0) is 15.4. The first-order valence-electron chi connectivity index (χ1n) is 6.39.